The number of para-hydroxylation sites is 2. The van der Waals surface area contributed by atoms with Gasteiger partial charge in [-0.2, -0.15) is 4.99 Å². The topological polar surface area (TPSA) is 102 Å². The molecule has 0 aromatic heterocycles. The molecule has 0 radical (unpaired) electrons. The van der Waals surface area contributed by atoms with Crippen molar-refractivity contribution in [1.82, 2.24) is 4.90 Å². The highest BCUT2D eigenvalue weighted by molar-refractivity contribution is 8.13. The minimum absolute atomic E-state index is 0.0772. The van der Waals surface area contributed by atoms with Crippen molar-refractivity contribution in [2.24, 2.45) is 4.99 Å². The average molecular weight is 428 g/mol. The number of hydrogen-bond donors (Lipinski definition) is 0. The third-order valence-corrected chi connectivity index (χ3v) is 4.44. The normalized spacial score (nSPS) is 10.9. The Morgan fingerprint density at radius 2 is 1.30 bits per heavy atom. The maximum absolute atomic E-state index is 12.9. The van der Waals surface area contributed by atoms with Gasteiger partial charge in [-0.25, -0.2) is 0 Å². The number of benzene rings is 2. The third-order valence-electron chi connectivity index (χ3n) is 3.71. The monoisotopic (exact) mass is 428 g/mol. The summed E-state index contributed by atoms with van der Waals surface area (Å²) in [5.74, 6) is -2.14. The highest BCUT2D eigenvalue weighted by atomic mass is 32.2. The van der Waals surface area contributed by atoms with Crippen molar-refractivity contribution in [3.05, 3.63) is 59.7 Å². The molecule has 2 rings (SSSR count). The number of carbonyl (C=O) groups excluding carboxylic acids is 4. The van der Waals surface area contributed by atoms with Crippen molar-refractivity contribution < 1.29 is 28.7 Å². The Labute approximate surface area is 177 Å². The number of amides is 2. The Morgan fingerprint density at radius 3 is 1.80 bits per heavy atom. The summed E-state index contributed by atoms with van der Waals surface area (Å²) >= 11 is 1.08. The molecule has 156 valence electrons. The van der Waals surface area contributed by atoms with E-state index in [9.17, 15) is 19.2 Å². The van der Waals surface area contributed by atoms with E-state index in [1.165, 1.54) is 50.1 Å². The minimum Gasteiger partial charge on any atom is -0.426 e. The number of nitrogens with zero attached hydrogens (tertiary/aromatic N) is 2. The van der Waals surface area contributed by atoms with Gasteiger partial charge >= 0.3 is 11.9 Å². The molecule has 0 spiro atoms. The van der Waals surface area contributed by atoms with E-state index in [1.54, 1.807) is 30.5 Å². The summed E-state index contributed by atoms with van der Waals surface area (Å²) in [6.45, 7) is 2.46. The summed E-state index contributed by atoms with van der Waals surface area (Å²) in [7, 11) is 1.45. The standard InChI is InChI=1S/C21H20N2O6S/c1-13(24)28-17-11-7-5-9-15(17)19(26)22-21(30-4)23(3)20(27)16-10-6-8-12-18(16)29-14(2)25/h5-12H,1-4H3/b22-21-. The van der Waals surface area contributed by atoms with Crippen LogP contribution in [0.25, 0.3) is 0 Å². The van der Waals surface area contributed by atoms with Gasteiger partial charge in [-0.3, -0.25) is 24.1 Å². The summed E-state index contributed by atoms with van der Waals surface area (Å²) in [5, 5.41) is 0.111. The van der Waals surface area contributed by atoms with Crippen molar-refractivity contribution >= 4 is 40.7 Å². The zero-order valence-corrected chi connectivity index (χ0v) is 17.7. The Balaban J connectivity index is 2.35. The maximum atomic E-state index is 12.9. The van der Waals surface area contributed by atoms with Gasteiger partial charge < -0.3 is 9.47 Å². The first-order chi connectivity index (χ1) is 14.2. The third kappa shape index (κ3) is 5.77. The molecule has 0 unspecified atom stereocenters. The molecule has 0 atom stereocenters. The van der Waals surface area contributed by atoms with Gasteiger partial charge in [0.15, 0.2) is 5.17 Å². The Hall–Kier alpha value is -3.46. The molecule has 2 amide bonds. The van der Waals surface area contributed by atoms with Gasteiger partial charge in [0.1, 0.15) is 11.5 Å². The first-order valence-corrected chi connectivity index (χ1v) is 9.97. The first-order valence-electron chi connectivity index (χ1n) is 8.74. The molecule has 0 aliphatic rings. The molecule has 2 aromatic rings. The molecular weight excluding hydrogens is 408 g/mol. The molecule has 8 nitrogen and oxygen atoms in total. The van der Waals surface area contributed by atoms with E-state index >= 15 is 0 Å². The number of thioether (sulfide) groups is 1. The molecule has 0 aliphatic heterocycles. The van der Waals surface area contributed by atoms with Gasteiger partial charge in [0.2, 0.25) is 0 Å². The quantitative estimate of drug-likeness (QED) is 0.319. The number of amidine groups is 1. The Bertz CT molecular complexity index is 1020. The average Bonchev–Trinajstić information content (AvgIpc) is 2.70. The van der Waals surface area contributed by atoms with E-state index in [0.717, 1.165) is 11.8 Å². The smallest absolute Gasteiger partial charge is 0.308 e. The van der Waals surface area contributed by atoms with Gasteiger partial charge in [-0.1, -0.05) is 36.0 Å². The summed E-state index contributed by atoms with van der Waals surface area (Å²) in [4.78, 5) is 53.4. The summed E-state index contributed by atoms with van der Waals surface area (Å²) < 4.78 is 10.1. The summed E-state index contributed by atoms with van der Waals surface area (Å²) in [6.07, 6.45) is 1.66. The predicted molar refractivity (Wildman–Crippen MR) is 113 cm³/mol. The number of hydrogen-bond acceptors (Lipinski definition) is 7. The summed E-state index contributed by atoms with van der Waals surface area (Å²) in [5.41, 5.74) is 0.227. The molecule has 0 saturated heterocycles. The van der Waals surface area contributed by atoms with Crippen LogP contribution in [-0.4, -0.2) is 47.1 Å². The minimum atomic E-state index is -0.677. The lowest BCUT2D eigenvalue weighted by Crippen LogP contribution is -2.32. The molecule has 0 saturated carbocycles. The van der Waals surface area contributed by atoms with E-state index in [2.05, 4.69) is 4.99 Å². The Kier molecular flexibility index (Phi) is 7.88. The molecule has 0 bridgehead atoms. The van der Waals surface area contributed by atoms with E-state index in [-0.39, 0.29) is 27.8 Å². The van der Waals surface area contributed by atoms with Crippen molar-refractivity contribution in [3.63, 3.8) is 0 Å². The van der Waals surface area contributed by atoms with E-state index < -0.39 is 23.8 Å². The van der Waals surface area contributed by atoms with E-state index in [0.29, 0.717) is 0 Å². The van der Waals surface area contributed by atoms with Crippen molar-refractivity contribution in [3.8, 4) is 11.5 Å². The number of aliphatic imine (C=N–C) groups is 1. The molecule has 2 aromatic carbocycles. The van der Waals surface area contributed by atoms with Gasteiger partial charge in [-0.05, 0) is 30.5 Å². The fraction of sp³-hybridized carbons (Fsp3) is 0.190. The number of carbonyl (C=O) groups is 4. The predicted octanol–water partition coefficient (Wildman–Crippen LogP) is 3.17. The second kappa shape index (κ2) is 10.4. The van der Waals surface area contributed by atoms with Crippen LogP contribution < -0.4 is 9.47 Å². The van der Waals surface area contributed by atoms with Crippen LogP contribution in [0.2, 0.25) is 0 Å². The lowest BCUT2D eigenvalue weighted by molar-refractivity contribution is -0.132. The second-order valence-corrected chi connectivity index (χ2v) is 6.72. The molecule has 0 fully saturated rings. The van der Waals surface area contributed by atoms with Gasteiger partial charge in [0.25, 0.3) is 11.8 Å². The lowest BCUT2D eigenvalue weighted by Gasteiger charge is -2.19. The lowest BCUT2D eigenvalue weighted by atomic mass is 10.2. The molecule has 0 N–H and O–H groups in total. The van der Waals surface area contributed by atoms with Crippen LogP contribution in [0.4, 0.5) is 0 Å². The first kappa shape index (κ1) is 22.8. The van der Waals surface area contributed by atoms with Crippen LogP contribution in [0, 0.1) is 0 Å². The second-order valence-electron chi connectivity index (χ2n) is 5.95. The van der Waals surface area contributed by atoms with Crippen LogP contribution in [0.3, 0.4) is 0 Å². The SMILES string of the molecule is CS/C(=N\C(=O)c1ccccc1OC(C)=O)N(C)C(=O)c1ccccc1OC(C)=O. The highest BCUT2D eigenvalue weighted by Crippen LogP contribution is 2.23. The molecule has 9 heteroatoms. The number of rotatable bonds is 4. The Morgan fingerprint density at radius 1 is 0.833 bits per heavy atom. The molecule has 0 aliphatic carbocycles. The molecule has 0 heterocycles. The number of esters is 2. The zero-order chi connectivity index (χ0) is 22.3. The van der Waals surface area contributed by atoms with Gasteiger partial charge in [-0.15, -0.1) is 0 Å². The van der Waals surface area contributed by atoms with Crippen LogP contribution in [-0.2, 0) is 9.59 Å². The fourth-order valence-corrected chi connectivity index (χ4v) is 2.98. The van der Waals surface area contributed by atoms with Crippen LogP contribution in [0.15, 0.2) is 53.5 Å². The highest BCUT2D eigenvalue weighted by Gasteiger charge is 2.22. The molecule has 30 heavy (non-hydrogen) atoms. The van der Waals surface area contributed by atoms with E-state index in [4.69, 9.17) is 9.47 Å². The molecular formula is C21H20N2O6S. The summed E-state index contributed by atoms with van der Waals surface area (Å²) in [6, 6.07) is 12.5. The largest absolute Gasteiger partial charge is 0.426 e. The van der Waals surface area contributed by atoms with Gasteiger partial charge in [0.05, 0.1) is 11.1 Å². The van der Waals surface area contributed by atoms with Gasteiger partial charge in [0, 0.05) is 20.9 Å². The maximum Gasteiger partial charge on any atom is 0.308 e. The van der Waals surface area contributed by atoms with E-state index in [1.807, 2.05) is 0 Å². The fourth-order valence-electron chi connectivity index (χ4n) is 2.45. The van der Waals surface area contributed by atoms with Crippen molar-refractivity contribution in [2.45, 2.75) is 13.8 Å². The zero-order valence-electron chi connectivity index (χ0n) is 16.9. The van der Waals surface area contributed by atoms with Crippen molar-refractivity contribution in [1.29, 1.82) is 0 Å². The van der Waals surface area contributed by atoms with Crippen LogP contribution in [0.5, 0.6) is 11.5 Å². The van der Waals surface area contributed by atoms with Crippen LogP contribution in [0.1, 0.15) is 34.6 Å². The van der Waals surface area contributed by atoms with Crippen molar-refractivity contribution in [2.75, 3.05) is 13.3 Å². The van der Waals surface area contributed by atoms with Crippen LogP contribution >= 0.6 is 11.8 Å². The number of ether oxygens (including phenoxy) is 2.